The van der Waals surface area contributed by atoms with Crippen LogP contribution in [-0.4, -0.2) is 121 Å². The van der Waals surface area contributed by atoms with Crippen LogP contribution in [0.1, 0.15) is 44.1 Å². The lowest BCUT2D eigenvalue weighted by atomic mass is 10.1. The second-order valence-electron chi connectivity index (χ2n) is 11.8. The molecule has 0 spiro atoms. The van der Waals surface area contributed by atoms with Crippen molar-refractivity contribution in [1.82, 2.24) is 37.2 Å². The van der Waals surface area contributed by atoms with Gasteiger partial charge >= 0.3 is 5.97 Å². The molecule has 1 aromatic rings. The van der Waals surface area contributed by atoms with Crippen molar-refractivity contribution in [1.29, 1.82) is 0 Å². The standard InChI is InChI=1S/C25H43N11O9S.C7H8.C2H2/c26-13(12-46)21(42)31-9-17(37)29-6-2-1-4-15-24(45)36-14(5-3-7-30-25(27)28)22(43)32-11-19(39)35-16(8-20(40)41)23(44)33-10-18(38)34-15;1-7-5-3-2-4-6-7;1-2/h13-16,46H,1-12,26H2,(H,29,37)(H,31,42)(H,32,43)(H,33,44)(H,34,38)(H,35,39)(H,36,45)(H,40,41)(H4,27,28,30);2-6H,1H3;1-2H/t13-,14+,15+,16+;;/m1../s1. The number of terminal acetylenes is 1. The van der Waals surface area contributed by atoms with Crippen LogP contribution in [0.5, 0.6) is 0 Å². The molecule has 14 N–H and O–H groups in total. The summed E-state index contributed by atoms with van der Waals surface area (Å²) in [4.78, 5) is 103. The molecule has 20 nitrogen and oxygen atoms in total. The summed E-state index contributed by atoms with van der Waals surface area (Å²) >= 11 is 3.91. The van der Waals surface area contributed by atoms with E-state index in [0.717, 1.165) is 0 Å². The highest BCUT2D eigenvalue weighted by molar-refractivity contribution is 7.80. The van der Waals surface area contributed by atoms with Crippen LogP contribution in [0.3, 0.4) is 0 Å². The lowest BCUT2D eigenvalue weighted by molar-refractivity contribution is -0.140. The van der Waals surface area contributed by atoms with Gasteiger partial charge in [-0.05, 0) is 39.0 Å². The number of carbonyl (C=O) groups is 8. The number of aryl methyl sites for hydroxylation is 1. The third-order valence-corrected chi connectivity index (χ3v) is 7.64. The van der Waals surface area contributed by atoms with E-state index < -0.39 is 91.0 Å². The molecule has 4 atom stereocenters. The Kier molecular flexibility index (Phi) is 25.5. The van der Waals surface area contributed by atoms with Crippen molar-refractivity contribution in [3.8, 4) is 12.8 Å². The molecule has 1 fully saturated rings. The van der Waals surface area contributed by atoms with Gasteiger partial charge in [-0.2, -0.15) is 12.6 Å². The number of aliphatic imine (C=N–C) groups is 1. The lowest BCUT2D eigenvalue weighted by Crippen LogP contribution is -2.55. The van der Waals surface area contributed by atoms with E-state index in [0.29, 0.717) is 12.8 Å². The van der Waals surface area contributed by atoms with Gasteiger partial charge in [0.05, 0.1) is 32.1 Å². The van der Waals surface area contributed by atoms with Gasteiger partial charge in [-0.15, -0.1) is 12.8 Å². The van der Waals surface area contributed by atoms with Crippen LogP contribution in [0.2, 0.25) is 0 Å². The fourth-order valence-electron chi connectivity index (χ4n) is 4.45. The van der Waals surface area contributed by atoms with Gasteiger partial charge in [0.15, 0.2) is 5.96 Å². The van der Waals surface area contributed by atoms with Crippen LogP contribution < -0.4 is 54.4 Å². The first-order chi connectivity index (χ1) is 26.1. The summed E-state index contributed by atoms with van der Waals surface area (Å²) in [5, 5.41) is 25.9. The average Bonchev–Trinajstić information content (AvgIpc) is 3.15. The van der Waals surface area contributed by atoms with E-state index in [4.69, 9.17) is 22.3 Å². The predicted octanol–water partition coefficient (Wildman–Crippen LogP) is -3.88. The molecule has 304 valence electrons. The Morgan fingerprint density at radius 2 is 1.40 bits per heavy atom. The van der Waals surface area contributed by atoms with Gasteiger partial charge in [0.1, 0.15) is 18.1 Å². The molecule has 2 rings (SSSR count). The molecule has 1 aromatic carbocycles. The number of hydrogen-bond donors (Lipinski definition) is 12. The number of carboxylic acids is 1. The van der Waals surface area contributed by atoms with E-state index in [9.17, 15) is 38.4 Å². The van der Waals surface area contributed by atoms with Crippen molar-refractivity contribution in [2.75, 3.05) is 38.5 Å². The van der Waals surface area contributed by atoms with Crippen LogP contribution in [0.15, 0.2) is 35.3 Å². The molecule has 0 aromatic heterocycles. The fourth-order valence-corrected chi connectivity index (χ4v) is 4.61. The molecule has 0 bridgehead atoms. The maximum atomic E-state index is 13.3. The topological polar surface area (TPSA) is 331 Å². The lowest BCUT2D eigenvalue weighted by Gasteiger charge is -2.23. The van der Waals surface area contributed by atoms with Crippen molar-refractivity contribution in [3.63, 3.8) is 0 Å². The third-order valence-electron chi connectivity index (χ3n) is 7.25. The van der Waals surface area contributed by atoms with Crippen LogP contribution in [0.25, 0.3) is 0 Å². The normalized spacial score (nSPS) is 18.1. The molecule has 0 aliphatic carbocycles. The zero-order chi connectivity index (χ0) is 41.8. The number of rotatable bonds is 15. The van der Waals surface area contributed by atoms with Crippen LogP contribution in [-0.2, 0) is 38.4 Å². The van der Waals surface area contributed by atoms with Gasteiger partial charge in [0.25, 0.3) is 0 Å². The van der Waals surface area contributed by atoms with E-state index in [1.54, 1.807) is 0 Å². The number of benzene rings is 1. The first-order valence-corrected chi connectivity index (χ1v) is 17.7. The number of unbranched alkanes of at least 4 members (excludes halogenated alkanes) is 1. The van der Waals surface area contributed by atoms with Crippen LogP contribution in [0.4, 0.5) is 0 Å². The maximum Gasteiger partial charge on any atom is 0.305 e. The predicted molar refractivity (Wildman–Crippen MR) is 207 cm³/mol. The van der Waals surface area contributed by atoms with Gasteiger partial charge in [-0.25, -0.2) is 0 Å². The number of nitrogens with one attached hydrogen (secondary N) is 7. The van der Waals surface area contributed by atoms with Crippen LogP contribution >= 0.6 is 12.6 Å². The van der Waals surface area contributed by atoms with E-state index in [1.165, 1.54) is 5.56 Å². The Morgan fingerprint density at radius 1 is 0.855 bits per heavy atom. The molecule has 1 saturated heterocycles. The summed E-state index contributed by atoms with van der Waals surface area (Å²) in [6.45, 7) is 0.805. The molecule has 1 aliphatic rings. The summed E-state index contributed by atoms with van der Waals surface area (Å²) in [5.74, 6) is -6.63. The Balaban J connectivity index is 0.00000285. The Bertz CT molecular complexity index is 1470. The minimum atomic E-state index is -1.55. The Morgan fingerprint density at radius 3 is 1.93 bits per heavy atom. The summed E-state index contributed by atoms with van der Waals surface area (Å²) < 4.78 is 0. The van der Waals surface area contributed by atoms with Crippen molar-refractivity contribution >= 4 is 65.9 Å². The number of nitrogens with zero attached hydrogens (tertiary/aromatic N) is 1. The highest BCUT2D eigenvalue weighted by Gasteiger charge is 2.29. The fraction of sp³-hybridized carbons (Fsp3) is 0.500. The average molecular weight is 792 g/mol. The molecule has 0 radical (unpaired) electrons. The number of hydrogen-bond acceptors (Lipinski definition) is 11. The second-order valence-corrected chi connectivity index (χ2v) is 12.2. The van der Waals surface area contributed by atoms with Crippen molar-refractivity contribution < 1.29 is 43.5 Å². The van der Waals surface area contributed by atoms with Gasteiger partial charge in [0.2, 0.25) is 41.4 Å². The van der Waals surface area contributed by atoms with Gasteiger partial charge in [-0.1, -0.05) is 35.9 Å². The van der Waals surface area contributed by atoms with Crippen LogP contribution in [0, 0.1) is 19.8 Å². The molecule has 21 heteroatoms. The van der Waals surface area contributed by atoms with Gasteiger partial charge < -0.3 is 59.5 Å². The molecule has 1 heterocycles. The SMILES string of the molecule is C#C.Cc1ccccc1.NC(N)=NCCC[C@@H]1NC(=O)[C@H](CCCCNC(=O)CNC(=O)[C@H](N)CS)NC(=O)CNC(=O)[C@H](CC(=O)O)NC(=O)CNC1=O. The summed E-state index contributed by atoms with van der Waals surface area (Å²) in [5.41, 5.74) is 17.5. The van der Waals surface area contributed by atoms with E-state index >= 15 is 0 Å². The zero-order valence-electron chi connectivity index (χ0n) is 30.7. The molecule has 1 aliphatic heterocycles. The smallest absolute Gasteiger partial charge is 0.305 e. The van der Waals surface area contributed by atoms with E-state index in [1.807, 2.05) is 18.2 Å². The number of carboxylic acid groups (broad SMARTS) is 1. The molecule has 55 heavy (non-hydrogen) atoms. The van der Waals surface area contributed by atoms with Gasteiger partial charge in [-0.3, -0.25) is 43.3 Å². The Labute approximate surface area is 325 Å². The van der Waals surface area contributed by atoms with Crippen molar-refractivity contribution in [2.24, 2.45) is 22.2 Å². The second kappa shape index (κ2) is 28.6. The number of thiol groups is 1. The summed E-state index contributed by atoms with van der Waals surface area (Å²) in [6, 6.07) is 5.49. The Hall–Kier alpha value is -5.88. The first-order valence-electron chi connectivity index (χ1n) is 17.1. The number of nitrogens with two attached hydrogens (primary N) is 3. The quantitative estimate of drug-likeness (QED) is 0.0267. The zero-order valence-corrected chi connectivity index (χ0v) is 31.6. The molecular weight excluding hydrogens is 739 g/mol. The third kappa shape index (κ3) is 23.4. The summed E-state index contributed by atoms with van der Waals surface area (Å²) in [6.07, 6.45) is 8.22. The molecule has 0 unspecified atom stereocenters. The number of aliphatic carboxylic acids is 1. The molecular formula is C34H53N11O9S. The number of amides is 7. The highest BCUT2D eigenvalue weighted by Crippen LogP contribution is 2.05. The molecule has 0 saturated carbocycles. The van der Waals surface area contributed by atoms with Gasteiger partial charge in [0, 0.05) is 18.8 Å². The summed E-state index contributed by atoms with van der Waals surface area (Å²) in [7, 11) is 0. The van der Waals surface area contributed by atoms with Crippen molar-refractivity contribution in [3.05, 3.63) is 35.9 Å². The highest BCUT2D eigenvalue weighted by atomic mass is 32.1. The van der Waals surface area contributed by atoms with E-state index in [-0.39, 0.29) is 50.6 Å². The monoisotopic (exact) mass is 791 g/mol. The van der Waals surface area contributed by atoms with Crippen molar-refractivity contribution in [2.45, 2.75) is 69.6 Å². The first kappa shape index (κ1) is 49.1. The minimum absolute atomic E-state index is 0.0415. The maximum absolute atomic E-state index is 13.3. The number of guanidine groups is 1. The minimum Gasteiger partial charge on any atom is -0.481 e. The molecule has 7 amide bonds. The largest absolute Gasteiger partial charge is 0.481 e. The van der Waals surface area contributed by atoms with E-state index in [2.05, 4.69) is 86.7 Å². The number of carbonyl (C=O) groups excluding carboxylic acids is 7.